The van der Waals surface area contributed by atoms with Gasteiger partial charge in [0.1, 0.15) is 6.04 Å². The number of nitrogens with zero attached hydrogens (tertiary/aromatic N) is 1. The minimum Gasteiger partial charge on any atom is -0.493 e. The van der Waals surface area contributed by atoms with Crippen molar-refractivity contribution in [2.75, 3.05) is 27.7 Å². The minimum atomic E-state index is -0.442. The van der Waals surface area contributed by atoms with Gasteiger partial charge in [0.2, 0.25) is 0 Å². The lowest BCUT2D eigenvalue weighted by atomic mass is 9.62. The molecule has 23 heavy (non-hydrogen) atoms. The number of allylic oxidation sites excluding steroid dienone is 1. The molecule has 1 spiro atoms. The molecule has 118 valence electrons. The van der Waals surface area contributed by atoms with Crippen molar-refractivity contribution >= 4 is 5.78 Å². The highest BCUT2D eigenvalue weighted by Crippen LogP contribution is 2.62. The van der Waals surface area contributed by atoms with Crippen LogP contribution in [0.3, 0.4) is 0 Å². The largest absolute Gasteiger partial charge is 0.493 e. The summed E-state index contributed by atoms with van der Waals surface area (Å²) in [5.74, 6) is 1.58. The second-order valence-electron chi connectivity index (χ2n) is 7.59. The molecule has 3 aliphatic heterocycles. The molecule has 0 unspecified atom stereocenters. The van der Waals surface area contributed by atoms with Crippen molar-refractivity contribution in [3.63, 3.8) is 0 Å². The van der Waals surface area contributed by atoms with E-state index in [1.807, 2.05) is 12.1 Å². The number of carbonyl (C=O) groups is 1. The predicted octanol–water partition coefficient (Wildman–Crippen LogP) is 2.29. The quantitative estimate of drug-likeness (QED) is 0.747. The molecule has 5 aliphatic rings. The number of benzene rings is 1. The van der Waals surface area contributed by atoms with Gasteiger partial charge in [-0.2, -0.15) is 0 Å². The summed E-state index contributed by atoms with van der Waals surface area (Å²) in [6, 6.07) is 4.44. The summed E-state index contributed by atoms with van der Waals surface area (Å²) < 4.78 is 12.6. The zero-order valence-electron chi connectivity index (χ0n) is 13.6. The molecule has 3 heterocycles. The number of methoxy groups -OCH3 is 1. The van der Waals surface area contributed by atoms with Crippen LogP contribution in [0, 0.1) is 0 Å². The van der Waals surface area contributed by atoms with Crippen molar-refractivity contribution in [1.82, 2.24) is 0 Å². The number of ketones is 1. The molecule has 2 aliphatic carbocycles. The zero-order valence-corrected chi connectivity index (χ0v) is 13.6. The van der Waals surface area contributed by atoms with Gasteiger partial charge in [-0.15, -0.1) is 0 Å². The molecule has 0 amide bonds. The molecule has 1 aromatic carbocycles. The Bertz CT molecular complexity index is 820. The lowest BCUT2D eigenvalue weighted by Gasteiger charge is -2.38. The second-order valence-corrected chi connectivity index (χ2v) is 7.59. The molecule has 0 aromatic heterocycles. The van der Waals surface area contributed by atoms with Crippen LogP contribution >= 0.6 is 0 Å². The molecule has 6 rings (SSSR count). The highest BCUT2D eigenvalue weighted by molar-refractivity contribution is 6.00. The Labute approximate surface area is 135 Å². The fourth-order valence-corrected chi connectivity index (χ4v) is 4.96. The average molecular weight is 310 g/mol. The third-order valence-electron chi connectivity index (χ3n) is 6.20. The van der Waals surface area contributed by atoms with E-state index in [0.717, 1.165) is 28.9 Å². The first-order valence-electron chi connectivity index (χ1n) is 8.14. The van der Waals surface area contributed by atoms with Crippen LogP contribution in [-0.4, -0.2) is 44.1 Å². The fraction of sp³-hybridized carbons (Fsp3) is 0.421. The van der Waals surface area contributed by atoms with Gasteiger partial charge >= 0.3 is 0 Å². The average Bonchev–Trinajstić information content (AvgIpc) is 2.80. The molecular weight excluding hydrogens is 290 g/mol. The summed E-state index contributed by atoms with van der Waals surface area (Å²) in [5.41, 5.74) is 3.41. The number of quaternary nitrogens is 1. The van der Waals surface area contributed by atoms with E-state index in [2.05, 4.69) is 26.2 Å². The van der Waals surface area contributed by atoms with E-state index in [9.17, 15) is 4.79 Å². The van der Waals surface area contributed by atoms with Gasteiger partial charge in [0.25, 0.3) is 0 Å². The van der Waals surface area contributed by atoms with Crippen LogP contribution in [0.4, 0.5) is 0 Å². The van der Waals surface area contributed by atoms with E-state index in [1.54, 1.807) is 13.2 Å². The second kappa shape index (κ2) is 3.88. The maximum Gasteiger partial charge on any atom is 0.197 e. The number of hydrogen-bond acceptors (Lipinski definition) is 3. The summed E-state index contributed by atoms with van der Waals surface area (Å²) in [4.78, 5) is 12.6. The molecule has 0 saturated carbocycles. The van der Waals surface area contributed by atoms with Gasteiger partial charge in [0.05, 0.1) is 33.2 Å². The van der Waals surface area contributed by atoms with Crippen molar-refractivity contribution < 1.29 is 18.8 Å². The molecule has 2 bridgehead atoms. The molecule has 4 heteroatoms. The Hall–Kier alpha value is -2.07. The third kappa shape index (κ3) is 1.35. The monoisotopic (exact) mass is 310 g/mol. The standard InChI is InChI=1S/C19H20NO3/c1-20(2)9-8-19-11-4-6-14(21)18(19)23-17-15(22-3)7-5-12(16(17)19)13(20)10-11/h4-7,10,13,18H,8-9H2,1-3H3/q+1/t13-,18-,19-/m0/s1. The van der Waals surface area contributed by atoms with Crippen LogP contribution in [0.5, 0.6) is 11.5 Å². The SMILES string of the molecule is COc1ccc2c3c1O[C@H]1C(=O)C=CC4=C[C@@H]2[N+](C)(C)CC[C@]431. The summed E-state index contributed by atoms with van der Waals surface area (Å²) >= 11 is 0. The van der Waals surface area contributed by atoms with Gasteiger partial charge in [0.15, 0.2) is 23.4 Å². The number of rotatable bonds is 1. The number of hydrogen-bond donors (Lipinski definition) is 0. The van der Waals surface area contributed by atoms with Crippen LogP contribution in [0.15, 0.2) is 35.9 Å². The molecule has 0 saturated heterocycles. The van der Waals surface area contributed by atoms with Crippen LogP contribution in [-0.2, 0) is 10.2 Å². The highest BCUT2D eigenvalue weighted by Gasteiger charge is 2.62. The summed E-state index contributed by atoms with van der Waals surface area (Å²) in [6.07, 6.45) is 6.54. The topological polar surface area (TPSA) is 35.5 Å². The maximum atomic E-state index is 12.6. The van der Waals surface area contributed by atoms with Gasteiger partial charge in [0, 0.05) is 17.5 Å². The molecular formula is C19H20NO3+. The Morgan fingerprint density at radius 1 is 1.30 bits per heavy atom. The van der Waals surface area contributed by atoms with Gasteiger partial charge < -0.3 is 14.0 Å². The zero-order chi connectivity index (χ0) is 16.0. The maximum absolute atomic E-state index is 12.6. The van der Waals surface area contributed by atoms with Crippen molar-refractivity contribution in [2.24, 2.45) is 0 Å². The summed E-state index contributed by atoms with van der Waals surface area (Å²) in [7, 11) is 6.20. The molecule has 0 radical (unpaired) electrons. The Balaban J connectivity index is 1.91. The fourth-order valence-electron chi connectivity index (χ4n) is 4.96. The van der Waals surface area contributed by atoms with Gasteiger partial charge in [-0.3, -0.25) is 4.79 Å². The van der Waals surface area contributed by atoms with E-state index in [4.69, 9.17) is 9.47 Å². The number of carbonyl (C=O) groups excluding carboxylic acids is 1. The number of ether oxygens (including phenoxy) is 2. The number of likely N-dealkylation sites (N-methyl/N-ethyl adjacent to an activating group) is 1. The minimum absolute atomic E-state index is 0.0667. The summed E-state index contributed by atoms with van der Waals surface area (Å²) in [6.45, 7) is 1.02. The van der Waals surface area contributed by atoms with Crippen LogP contribution in [0.2, 0.25) is 0 Å². The molecule has 0 N–H and O–H groups in total. The van der Waals surface area contributed by atoms with E-state index < -0.39 is 6.10 Å². The Morgan fingerprint density at radius 2 is 2.13 bits per heavy atom. The van der Waals surface area contributed by atoms with Gasteiger partial charge in [-0.05, 0) is 29.9 Å². The predicted molar refractivity (Wildman–Crippen MR) is 85.7 cm³/mol. The van der Waals surface area contributed by atoms with Crippen LogP contribution < -0.4 is 9.47 Å². The van der Waals surface area contributed by atoms with Crippen molar-refractivity contribution in [3.05, 3.63) is 47.1 Å². The van der Waals surface area contributed by atoms with E-state index in [1.165, 1.54) is 16.7 Å². The van der Waals surface area contributed by atoms with Gasteiger partial charge in [-0.1, -0.05) is 6.08 Å². The van der Waals surface area contributed by atoms with Crippen LogP contribution in [0.25, 0.3) is 0 Å². The van der Waals surface area contributed by atoms with E-state index in [0.29, 0.717) is 6.04 Å². The van der Waals surface area contributed by atoms with Crippen LogP contribution in [0.1, 0.15) is 23.6 Å². The molecule has 3 atom stereocenters. The van der Waals surface area contributed by atoms with E-state index >= 15 is 0 Å². The third-order valence-corrected chi connectivity index (χ3v) is 6.20. The first kappa shape index (κ1) is 13.4. The molecule has 0 fully saturated rings. The summed E-state index contributed by atoms with van der Waals surface area (Å²) in [5, 5.41) is 0. The van der Waals surface area contributed by atoms with Crippen molar-refractivity contribution in [1.29, 1.82) is 0 Å². The van der Waals surface area contributed by atoms with Gasteiger partial charge in [-0.25, -0.2) is 0 Å². The first-order chi connectivity index (χ1) is 11.0. The lowest BCUT2D eigenvalue weighted by molar-refractivity contribution is -0.913. The lowest BCUT2D eigenvalue weighted by Crippen LogP contribution is -2.47. The highest BCUT2D eigenvalue weighted by atomic mass is 16.5. The molecule has 4 nitrogen and oxygen atoms in total. The normalized spacial score (nSPS) is 34.6. The smallest absolute Gasteiger partial charge is 0.197 e. The Kier molecular flexibility index (Phi) is 2.25. The van der Waals surface area contributed by atoms with E-state index in [-0.39, 0.29) is 11.2 Å². The first-order valence-corrected chi connectivity index (χ1v) is 8.14. The molecule has 1 aromatic rings. The Morgan fingerprint density at radius 3 is 2.91 bits per heavy atom. The van der Waals surface area contributed by atoms with Crippen molar-refractivity contribution in [3.8, 4) is 11.5 Å². The van der Waals surface area contributed by atoms with Crippen molar-refractivity contribution in [2.45, 2.75) is 24.0 Å². The number of fused-ring (bicyclic) bond motifs is 2.